The molecular weight excluding hydrogens is 310 g/mol. The van der Waals surface area contributed by atoms with Crippen molar-refractivity contribution in [3.8, 4) is 10.6 Å². The lowest BCUT2D eigenvalue weighted by molar-refractivity contribution is 0.204. The fourth-order valence-corrected chi connectivity index (χ4v) is 3.72. The van der Waals surface area contributed by atoms with Gasteiger partial charge in [0.25, 0.3) is 0 Å². The van der Waals surface area contributed by atoms with E-state index in [9.17, 15) is 8.42 Å². The monoisotopic (exact) mass is 329 g/mol. The topological polar surface area (TPSA) is 73.2 Å². The van der Waals surface area contributed by atoms with Crippen LogP contribution in [0.5, 0.6) is 0 Å². The molecule has 0 aliphatic heterocycles. The van der Waals surface area contributed by atoms with Gasteiger partial charge in [0, 0.05) is 25.9 Å². The van der Waals surface area contributed by atoms with Crippen LogP contribution in [0.25, 0.3) is 10.6 Å². The van der Waals surface area contributed by atoms with Crippen molar-refractivity contribution in [3.63, 3.8) is 0 Å². The minimum Gasteiger partial charge on any atom is -0.383 e. The largest absolute Gasteiger partial charge is 0.383 e. The van der Waals surface area contributed by atoms with E-state index in [-0.39, 0.29) is 17.5 Å². The van der Waals surface area contributed by atoms with E-state index in [4.69, 9.17) is 4.74 Å². The molecule has 2 aromatic rings. The summed E-state index contributed by atoms with van der Waals surface area (Å²) in [7, 11) is -2.08. The number of thiophene rings is 1. The minimum absolute atomic E-state index is 0.0895. The molecule has 0 aliphatic rings. The highest BCUT2D eigenvalue weighted by Crippen LogP contribution is 2.30. The Kier molecular flexibility index (Phi) is 5.15. The molecule has 0 aromatic carbocycles. The van der Waals surface area contributed by atoms with Crippen LogP contribution in [0.15, 0.2) is 28.6 Å². The third-order valence-corrected chi connectivity index (χ3v) is 5.21. The number of aromatic nitrogens is 2. The summed E-state index contributed by atoms with van der Waals surface area (Å²) < 4.78 is 34.0. The summed E-state index contributed by atoms with van der Waals surface area (Å²) in [5.41, 5.74) is 0.489. The van der Waals surface area contributed by atoms with Crippen molar-refractivity contribution in [1.82, 2.24) is 14.5 Å². The number of methoxy groups -OCH3 is 1. The molecule has 2 heterocycles. The summed E-state index contributed by atoms with van der Waals surface area (Å²) in [6, 6.07) is 3.83. The lowest BCUT2D eigenvalue weighted by atomic mass is 10.3. The summed E-state index contributed by atoms with van der Waals surface area (Å²) in [5, 5.41) is 6.32. The molecular formula is C13H19N3O3S2. The van der Waals surface area contributed by atoms with Crippen LogP contribution in [0.3, 0.4) is 0 Å². The fraction of sp³-hybridized carbons (Fsp3) is 0.462. The third kappa shape index (κ3) is 3.70. The second-order valence-corrected chi connectivity index (χ2v) is 7.47. The zero-order valence-electron chi connectivity index (χ0n) is 12.2. The average molecular weight is 329 g/mol. The lowest BCUT2D eigenvalue weighted by Crippen LogP contribution is -2.27. The molecule has 2 rings (SSSR count). The van der Waals surface area contributed by atoms with Crippen molar-refractivity contribution in [2.45, 2.75) is 24.8 Å². The van der Waals surface area contributed by atoms with Crippen molar-refractivity contribution in [1.29, 1.82) is 0 Å². The van der Waals surface area contributed by atoms with E-state index in [1.807, 2.05) is 31.4 Å². The van der Waals surface area contributed by atoms with Crippen LogP contribution in [-0.4, -0.2) is 38.5 Å². The number of hydrogen-bond donors (Lipinski definition) is 1. The van der Waals surface area contributed by atoms with E-state index >= 15 is 0 Å². The smallest absolute Gasteiger partial charge is 0.244 e. The second-order valence-electron chi connectivity index (χ2n) is 4.78. The van der Waals surface area contributed by atoms with Crippen LogP contribution in [-0.2, 0) is 14.8 Å². The standard InChI is InChI=1S/C13H19N3O3S2/c1-10(2)16-9-12(21(17,18)14-6-7-19-3)13(15-16)11-5-4-8-20-11/h4-5,8-10,14H,6-7H2,1-3H3. The van der Waals surface area contributed by atoms with E-state index in [1.165, 1.54) is 18.4 Å². The molecule has 6 nitrogen and oxygen atoms in total. The highest BCUT2D eigenvalue weighted by molar-refractivity contribution is 7.89. The zero-order valence-corrected chi connectivity index (χ0v) is 13.9. The Bertz CT molecular complexity index is 676. The Labute approximate surface area is 128 Å². The van der Waals surface area contributed by atoms with Crippen LogP contribution in [0.4, 0.5) is 0 Å². The second kappa shape index (κ2) is 6.69. The highest BCUT2D eigenvalue weighted by Gasteiger charge is 2.24. The molecule has 1 N–H and O–H groups in total. The first-order valence-electron chi connectivity index (χ1n) is 6.57. The molecule has 0 saturated heterocycles. The SMILES string of the molecule is COCCNS(=O)(=O)c1cn(C(C)C)nc1-c1cccs1. The van der Waals surface area contributed by atoms with Crippen LogP contribution < -0.4 is 4.72 Å². The molecule has 0 bridgehead atoms. The van der Waals surface area contributed by atoms with Gasteiger partial charge in [0.2, 0.25) is 10.0 Å². The van der Waals surface area contributed by atoms with Crippen molar-refractivity contribution < 1.29 is 13.2 Å². The molecule has 8 heteroatoms. The molecule has 0 aliphatic carbocycles. The maximum atomic E-state index is 12.4. The summed E-state index contributed by atoms with van der Waals surface area (Å²) in [6.45, 7) is 4.47. The number of sulfonamides is 1. The van der Waals surface area contributed by atoms with E-state index in [2.05, 4.69) is 9.82 Å². The lowest BCUT2D eigenvalue weighted by Gasteiger charge is -2.05. The maximum absolute atomic E-state index is 12.4. The Morgan fingerprint density at radius 1 is 1.48 bits per heavy atom. The number of nitrogens with zero attached hydrogens (tertiary/aromatic N) is 2. The third-order valence-electron chi connectivity index (χ3n) is 2.87. The van der Waals surface area contributed by atoms with Crippen molar-refractivity contribution >= 4 is 21.4 Å². The predicted molar refractivity (Wildman–Crippen MR) is 83.0 cm³/mol. The Hall–Kier alpha value is -1.22. The molecule has 0 fully saturated rings. The van der Waals surface area contributed by atoms with Crippen LogP contribution in [0.2, 0.25) is 0 Å². The highest BCUT2D eigenvalue weighted by atomic mass is 32.2. The molecule has 0 saturated carbocycles. The molecule has 0 unspecified atom stereocenters. The van der Waals surface area contributed by atoms with Gasteiger partial charge in [-0.2, -0.15) is 5.10 Å². The molecule has 21 heavy (non-hydrogen) atoms. The van der Waals surface area contributed by atoms with E-state index in [1.54, 1.807) is 10.9 Å². The first-order valence-corrected chi connectivity index (χ1v) is 8.93. The van der Waals surface area contributed by atoms with Crippen LogP contribution in [0.1, 0.15) is 19.9 Å². The fourth-order valence-electron chi connectivity index (χ4n) is 1.78. The normalized spacial score (nSPS) is 12.2. The molecule has 0 atom stereocenters. The summed E-state index contributed by atoms with van der Waals surface area (Å²) >= 11 is 1.47. The van der Waals surface area contributed by atoms with Crippen LogP contribution in [0, 0.1) is 0 Å². The van der Waals surface area contributed by atoms with E-state index < -0.39 is 10.0 Å². The van der Waals surface area contributed by atoms with Gasteiger partial charge in [0.15, 0.2) is 0 Å². The summed E-state index contributed by atoms with van der Waals surface area (Å²) in [4.78, 5) is 1.04. The quantitative estimate of drug-likeness (QED) is 0.790. The Morgan fingerprint density at radius 3 is 2.81 bits per heavy atom. The van der Waals surface area contributed by atoms with Crippen LogP contribution >= 0.6 is 11.3 Å². The first-order chi connectivity index (χ1) is 9.95. The van der Waals surface area contributed by atoms with Gasteiger partial charge >= 0.3 is 0 Å². The first kappa shape index (κ1) is 16.2. The predicted octanol–water partition coefficient (Wildman–Crippen LogP) is 2.12. The molecule has 116 valence electrons. The van der Waals surface area contributed by atoms with Gasteiger partial charge in [-0.3, -0.25) is 4.68 Å². The minimum atomic E-state index is -3.61. The van der Waals surface area contributed by atoms with Crippen molar-refractivity contribution in [2.24, 2.45) is 0 Å². The van der Waals surface area contributed by atoms with Gasteiger partial charge < -0.3 is 4.74 Å². The number of nitrogens with one attached hydrogen (secondary N) is 1. The zero-order chi connectivity index (χ0) is 15.5. The maximum Gasteiger partial charge on any atom is 0.244 e. The molecule has 2 aromatic heterocycles. The number of hydrogen-bond acceptors (Lipinski definition) is 5. The molecule has 0 amide bonds. The van der Waals surface area contributed by atoms with E-state index in [0.717, 1.165) is 4.88 Å². The van der Waals surface area contributed by atoms with E-state index in [0.29, 0.717) is 12.3 Å². The van der Waals surface area contributed by atoms with Crippen molar-refractivity contribution in [2.75, 3.05) is 20.3 Å². The average Bonchev–Trinajstić information content (AvgIpc) is 3.08. The van der Waals surface area contributed by atoms with Gasteiger partial charge in [-0.05, 0) is 25.3 Å². The van der Waals surface area contributed by atoms with Gasteiger partial charge in [-0.25, -0.2) is 13.1 Å². The van der Waals surface area contributed by atoms with Gasteiger partial charge in [0.1, 0.15) is 10.6 Å². The summed E-state index contributed by atoms with van der Waals surface area (Å²) in [5.74, 6) is 0. The number of ether oxygens (including phenoxy) is 1. The Balaban J connectivity index is 2.42. The Morgan fingerprint density at radius 2 is 2.24 bits per heavy atom. The number of rotatable bonds is 7. The molecule has 0 spiro atoms. The molecule has 0 radical (unpaired) electrons. The van der Waals surface area contributed by atoms with Gasteiger partial charge in [-0.1, -0.05) is 6.07 Å². The van der Waals surface area contributed by atoms with Crippen molar-refractivity contribution in [3.05, 3.63) is 23.7 Å². The summed E-state index contributed by atoms with van der Waals surface area (Å²) in [6.07, 6.45) is 1.58. The van der Waals surface area contributed by atoms with Gasteiger partial charge in [0.05, 0.1) is 11.5 Å². The van der Waals surface area contributed by atoms with Gasteiger partial charge in [-0.15, -0.1) is 11.3 Å².